The number of rotatable bonds is 5. The molecule has 1 amide bonds. The average Bonchev–Trinajstić information content (AvgIpc) is 2.94. The number of hydrogen-bond donors (Lipinski definition) is 1. The molecule has 0 aliphatic carbocycles. The van der Waals surface area contributed by atoms with E-state index < -0.39 is 0 Å². The summed E-state index contributed by atoms with van der Waals surface area (Å²) in [7, 11) is 0. The maximum Gasteiger partial charge on any atom is 0.230 e. The van der Waals surface area contributed by atoms with Gasteiger partial charge in [0.25, 0.3) is 0 Å². The number of amides is 1. The van der Waals surface area contributed by atoms with Crippen LogP contribution >= 0.6 is 23.1 Å². The number of aromatic nitrogens is 3. The van der Waals surface area contributed by atoms with Crippen LogP contribution in [0.2, 0.25) is 0 Å². The predicted octanol–water partition coefficient (Wildman–Crippen LogP) is 3.82. The van der Waals surface area contributed by atoms with Crippen LogP contribution in [-0.4, -0.2) is 32.9 Å². The van der Waals surface area contributed by atoms with E-state index in [-0.39, 0.29) is 23.5 Å². The number of carbonyl (C=O) groups is 1. The number of nitrogens with zero attached hydrogens (tertiary/aromatic N) is 3. The smallest absolute Gasteiger partial charge is 0.230 e. The molecule has 2 heterocycles. The van der Waals surface area contributed by atoms with Gasteiger partial charge in [0.05, 0.1) is 15.5 Å². The van der Waals surface area contributed by atoms with Gasteiger partial charge in [0, 0.05) is 11.6 Å². The molecule has 25 heavy (non-hydrogen) atoms. The Bertz CT molecular complexity index is 909. The highest BCUT2D eigenvalue weighted by molar-refractivity contribution is 8.00. The minimum atomic E-state index is -0.295. The second-order valence-corrected chi connectivity index (χ2v) is 7.95. The number of thiazole rings is 1. The first kappa shape index (κ1) is 17.8. The maximum atomic E-state index is 13.2. The van der Waals surface area contributed by atoms with Crippen molar-refractivity contribution in [3.8, 4) is 11.3 Å². The molecule has 130 valence electrons. The third kappa shape index (κ3) is 4.13. The van der Waals surface area contributed by atoms with Crippen LogP contribution in [-0.2, 0) is 4.79 Å². The van der Waals surface area contributed by atoms with Gasteiger partial charge in [-0.1, -0.05) is 11.8 Å². The van der Waals surface area contributed by atoms with Crippen molar-refractivity contribution in [1.29, 1.82) is 0 Å². The molecular formula is C17H17FN4OS2. The molecule has 8 heteroatoms. The quantitative estimate of drug-likeness (QED) is 0.686. The van der Waals surface area contributed by atoms with Gasteiger partial charge in [0.2, 0.25) is 5.91 Å². The number of aryl methyl sites for hydroxylation is 1. The van der Waals surface area contributed by atoms with Crippen LogP contribution in [0.4, 0.5) is 4.39 Å². The third-order valence-electron chi connectivity index (χ3n) is 3.30. The number of thioether (sulfide) groups is 1. The average molecular weight is 376 g/mol. The maximum absolute atomic E-state index is 13.2. The van der Waals surface area contributed by atoms with Crippen LogP contribution in [0.3, 0.4) is 0 Å². The number of halogens is 1. The molecule has 2 aromatic heterocycles. The second-order valence-electron chi connectivity index (χ2n) is 5.78. The van der Waals surface area contributed by atoms with Crippen molar-refractivity contribution in [3.63, 3.8) is 0 Å². The summed E-state index contributed by atoms with van der Waals surface area (Å²) in [6, 6.07) is 6.25. The van der Waals surface area contributed by atoms with Gasteiger partial charge >= 0.3 is 0 Å². The SMILES string of the molecule is Cc1nc2c(SCC(=O)NC(C)C)nnc(-c3ccc(F)cc3)c2s1. The lowest BCUT2D eigenvalue weighted by Gasteiger charge is -2.08. The number of fused-ring (bicyclic) bond motifs is 1. The summed E-state index contributed by atoms with van der Waals surface area (Å²) < 4.78 is 14.1. The van der Waals surface area contributed by atoms with Gasteiger partial charge in [0.1, 0.15) is 22.1 Å². The summed E-state index contributed by atoms with van der Waals surface area (Å²) in [5, 5.41) is 12.9. The molecule has 0 atom stereocenters. The largest absolute Gasteiger partial charge is 0.353 e. The molecule has 5 nitrogen and oxygen atoms in total. The minimum absolute atomic E-state index is 0.0514. The highest BCUT2D eigenvalue weighted by Crippen LogP contribution is 2.35. The van der Waals surface area contributed by atoms with Crippen LogP contribution < -0.4 is 5.32 Å². The molecule has 0 radical (unpaired) electrons. The zero-order valence-electron chi connectivity index (χ0n) is 14.0. The Hall–Kier alpha value is -2.06. The summed E-state index contributed by atoms with van der Waals surface area (Å²) in [5.74, 6) is -0.0877. The van der Waals surface area contributed by atoms with Crippen molar-refractivity contribution >= 4 is 39.2 Å². The van der Waals surface area contributed by atoms with E-state index in [1.54, 1.807) is 12.1 Å². The third-order valence-corrected chi connectivity index (χ3v) is 5.23. The Morgan fingerprint density at radius 3 is 2.68 bits per heavy atom. The first-order chi connectivity index (χ1) is 11.9. The van der Waals surface area contributed by atoms with E-state index >= 15 is 0 Å². The van der Waals surface area contributed by atoms with E-state index in [1.807, 2.05) is 20.8 Å². The Morgan fingerprint density at radius 2 is 2.00 bits per heavy atom. The molecule has 0 aliphatic heterocycles. The van der Waals surface area contributed by atoms with Gasteiger partial charge < -0.3 is 5.32 Å². The number of hydrogen-bond acceptors (Lipinski definition) is 6. The highest BCUT2D eigenvalue weighted by atomic mass is 32.2. The number of nitrogens with one attached hydrogen (secondary N) is 1. The molecule has 1 aromatic carbocycles. The molecule has 3 aromatic rings. The summed E-state index contributed by atoms with van der Waals surface area (Å²) in [5.41, 5.74) is 2.20. The first-order valence-corrected chi connectivity index (χ1v) is 9.56. The molecule has 0 saturated heterocycles. The Morgan fingerprint density at radius 1 is 1.28 bits per heavy atom. The fourth-order valence-electron chi connectivity index (χ4n) is 2.31. The van der Waals surface area contributed by atoms with Crippen molar-refractivity contribution in [1.82, 2.24) is 20.5 Å². The molecule has 1 N–H and O–H groups in total. The predicted molar refractivity (Wildman–Crippen MR) is 99.3 cm³/mol. The lowest BCUT2D eigenvalue weighted by molar-refractivity contribution is -0.119. The van der Waals surface area contributed by atoms with E-state index in [1.165, 1.54) is 35.2 Å². The van der Waals surface area contributed by atoms with Crippen molar-refractivity contribution < 1.29 is 9.18 Å². The van der Waals surface area contributed by atoms with E-state index in [0.29, 0.717) is 10.7 Å². The van der Waals surface area contributed by atoms with Gasteiger partial charge in [-0.2, -0.15) is 0 Å². The van der Waals surface area contributed by atoms with Crippen LogP contribution in [0.5, 0.6) is 0 Å². The van der Waals surface area contributed by atoms with Gasteiger partial charge in [0.15, 0.2) is 0 Å². The van der Waals surface area contributed by atoms with Gasteiger partial charge in [-0.05, 0) is 45.0 Å². The fourth-order valence-corrected chi connectivity index (χ4v) is 4.04. The molecule has 0 fully saturated rings. The molecule has 0 aliphatic rings. The topological polar surface area (TPSA) is 67.8 Å². The second kappa shape index (κ2) is 7.45. The molecule has 0 saturated carbocycles. The van der Waals surface area contributed by atoms with Crippen molar-refractivity contribution in [2.75, 3.05) is 5.75 Å². The monoisotopic (exact) mass is 376 g/mol. The van der Waals surface area contributed by atoms with Crippen molar-refractivity contribution in [3.05, 3.63) is 35.1 Å². The van der Waals surface area contributed by atoms with Crippen LogP contribution in [0.15, 0.2) is 29.3 Å². The van der Waals surface area contributed by atoms with E-state index in [9.17, 15) is 9.18 Å². The Labute approximate surface area is 153 Å². The lowest BCUT2D eigenvalue weighted by Crippen LogP contribution is -2.31. The highest BCUT2D eigenvalue weighted by Gasteiger charge is 2.17. The minimum Gasteiger partial charge on any atom is -0.353 e. The Balaban J connectivity index is 1.93. The van der Waals surface area contributed by atoms with Gasteiger partial charge in [-0.25, -0.2) is 9.37 Å². The molecule has 3 rings (SSSR count). The van der Waals surface area contributed by atoms with Crippen LogP contribution in [0.25, 0.3) is 21.5 Å². The van der Waals surface area contributed by atoms with E-state index in [4.69, 9.17) is 0 Å². The van der Waals surface area contributed by atoms with E-state index in [0.717, 1.165) is 20.8 Å². The van der Waals surface area contributed by atoms with Crippen molar-refractivity contribution in [2.24, 2.45) is 0 Å². The van der Waals surface area contributed by atoms with Gasteiger partial charge in [-0.3, -0.25) is 4.79 Å². The zero-order valence-corrected chi connectivity index (χ0v) is 15.7. The summed E-state index contributed by atoms with van der Waals surface area (Å²) in [6.07, 6.45) is 0. The summed E-state index contributed by atoms with van der Waals surface area (Å²) in [4.78, 5) is 16.4. The van der Waals surface area contributed by atoms with Crippen LogP contribution in [0.1, 0.15) is 18.9 Å². The van der Waals surface area contributed by atoms with Crippen molar-refractivity contribution in [2.45, 2.75) is 31.8 Å². The number of carbonyl (C=O) groups excluding carboxylic acids is 1. The normalized spacial score (nSPS) is 11.2. The van der Waals surface area contributed by atoms with Gasteiger partial charge in [-0.15, -0.1) is 21.5 Å². The molecule has 0 unspecified atom stereocenters. The Kier molecular flexibility index (Phi) is 5.29. The number of benzene rings is 1. The zero-order chi connectivity index (χ0) is 18.0. The summed E-state index contributed by atoms with van der Waals surface area (Å²) in [6.45, 7) is 5.75. The fraction of sp³-hybridized carbons (Fsp3) is 0.294. The lowest BCUT2D eigenvalue weighted by atomic mass is 10.1. The van der Waals surface area contributed by atoms with E-state index in [2.05, 4.69) is 20.5 Å². The summed E-state index contributed by atoms with van der Waals surface area (Å²) >= 11 is 2.83. The standard InChI is InChI=1S/C17H17FN4OS2/c1-9(2)19-13(23)8-24-17-15-16(25-10(3)20-15)14(21-22-17)11-4-6-12(18)7-5-11/h4-7,9H,8H2,1-3H3,(H,19,23). The molecular weight excluding hydrogens is 359 g/mol. The van der Waals surface area contributed by atoms with Crippen LogP contribution in [0, 0.1) is 12.7 Å². The molecule has 0 bridgehead atoms. The first-order valence-electron chi connectivity index (χ1n) is 7.76. The molecule has 0 spiro atoms.